The van der Waals surface area contributed by atoms with Crippen LogP contribution in [-0.2, 0) is 23.3 Å². The molecular weight excluding hydrogens is 468 g/mol. The third kappa shape index (κ3) is 3.85. The van der Waals surface area contributed by atoms with Gasteiger partial charge < -0.3 is 24.4 Å². The minimum Gasteiger partial charge on any atom is -0.493 e. The first-order chi connectivity index (χ1) is 18.0. The van der Waals surface area contributed by atoms with E-state index in [0.717, 1.165) is 28.7 Å². The van der Waals surface area contributed by atoms with E-state index < -0.39 is 5.54 Å². The summed E-state index contributed by atoms with van der Waals surface area (Å²) in [6.07, 6.45) is 1.00. The summed E-state index contributed by atoms with van der Waals surface area (Å²) in [7, 11) is 3.25. The van der Waals surface area contributed by atoms with E-state index in [4.69, 9.17) is 14.6 Å². The van der Waals surface area contributed by atoms with Gasteiger partial charge >= 0.3 is 0 Å². The first kappa shape index (κ1) is 24.8. The predicted octanol–water partition coefficient (Wildman–Crippen LogP) is 4.08. The maximum absolute atomic E-state index is 13.8. The molecule has 1 saturated heterocycles. The molecule has 3 aromatic carbocycles. The number of fused-ring (bicyclic) bond motifs is 6. The van der Waals surface area contributed by atoms with Gasteiger partial charge in [0.1, 0.15) is 5.54 Å². The zero-order valence-corrected chi connectivity index (χ0v) is 21.4. The quantitative estimate of drug-likeness (QED) is 0.584. The van der Waals surface area contributed by atoms with Crippen molar-refractivity contribution in [2.75, 3.05) is 27.4 Å². The van der Waals surface area contributed by atoms with Gasteiger partial charge in [0.05, 0.1) is 26.7 Å². The maximum atomic E-state index is 13.8. The van der Waals surface area contributed by atoms with E-state index in [9.17, 15) is 9.59 Å². The van der Waals surface area contributed by atoms with Crippen LogP contribution in [0.4, 0.5) is 0 Å². The molecule has 0 aromatic heterocycles. The molecule has 3 aromatic rings. The van der Waals surface area contributed by atoms with Crippen LogP contribution < -0.4 is 9.47 Å². The van der Waals surface area contributed by atoms with Crippen molar-refractivity contribution < 1.29 is 24.2 Å². The molecule has 0 radical (unpaired) electrons. The third-order valence-electron chi connectivity index (χ3n) is 7.60. The van der Waals surface area contributed by atoms with Gasteiger partial charge in [-0.05, 0) is 53.8 Å². The number of hydrogen-bond donors (Lipinski definition) is 1. The molecule has 3 aliphatic heterocycles. The fourth-order valence-electron chi connectivity index (χ4n) is 6.14. The Morgan fingerprint density at radius 2 is 1.62 bits per heavy atom. The summed E-state index contributed by atoms with van der Waals surface area (Å²) in [6.45, 7) is 2.98. The molecule has 0 aliphatic carbocycles. The van der Waals surface area contributed by atoms with Crippen LogP contribution in [0.3, 0.4) is 0 Å². The van der Waals surface area contributed by atoms with Gasteiger partial charge in [0, 0.05) is 25.3 Å². The highest BCUT2D eigenvalue weighted by Gasteiger charge is 2.63. The summed E-state index contributed by atoms with van der Waals surface area (Å²) in [6, 6.07) is 21.5. The Hall–Kier alpha value is -3.84. The Morgan fingerprint density at radius 3 is 2.32 bits per heavy atom. The molecule has 192 valence electrons. The Morgan fingerprint density at radius 1 is 0.973 bits per heavy atom. The predicted molar refractivity (Wildman–Crippen MR) is 140 cm³/mol. The lowest BCUT2D eigenvalue weighted by Gasteiger charge is -2.45. The minimum atomic E-state index is -0.782. The smallest absolute Gasteiger partial charge is 0.255 e. The first-order valence-corrected chi connectivity index (χ1v) is 12.6. The van der Waals surface area contributed by atoms with E-state index in [1.54, 1.807) is 21.1 Å². The average Bonchev–Trinajstić information content (AvgIpc) is 3.35. The second-order valence-electron chi connectivity index (χ2n) is 9.49. The highest BCUT2D eigenvalue weighted by molar-refractivity contribution is 6.02. The lowest BCUT2D eigenvalue weighted by atomic mass is 9.76. The number of hydrogen-bond acceptors (Lipinski definition) is 5. The van der Waals surface area contributed by atoms with Gasteiger partial charge in [-0.3, -0.25) is 9.59 Å². The van der Waals surface area contributed by atoms with Crippen LogP contribution in [0.15, 0.2) is 66.7 Å². The molecule has 1 spiro atoms. The topological polar surface area (TPSA) is 79.3 Å². The van der Waals surface area contributed by atoms with Crippen molar-refractivity contribution in [3.8, 4) is 11.5 Å². The number of carbonyl (C=O) groups is 2. The molecule has 7 nitrogen and oxygen atoms in total. The fraction of sp³-hybridized carbons (Fsp3) is 0.333. The van der Waals surface area contributed by atoms with Crippen molar-refractivity contribution in [1.82, 2.24) is 9.80 Å². The lowest BCUT2D eigenvalue weighted by Crippen LogP contribution is -2.49. The third-order valence-corrected chi connectivity index (χ3v) is 7.60. The number of aliphatic hydroxyl groups is 1. The fourth-order valence-corrected chi connectivity index (χ4v) is 6.14. The van der Waals surface area contributed by atoms with Crippen LogP contribution in [0.2, 0.25) is 0 Å². The van der Waals surface area contributed by atoms with Gasteiger partial charge in [0.2, 0.25) is 5.91 Å². The molecule has 1 fully saturated rings. The highest BCUT2D eigenvalue weighted by Crippen LogP contribution is 2.59. The van der Waals surface area contributed by atoms with Gasteiger partial charge in [-0.15, -0.1) is 0 Å². The summed E-state index contributed by atoms with van der Waals surface area (Å²) in [4.78, 5) is 31.2. The Labute approximate surface area is 217 Å². The molecule has 6 rings (SSSR count). The van der Waals surface area contributed by atoms with Crippen molar-refractivity contribution >= 4 is 11.8 Å². The molecule has 2 atom stereocenters. The Balaban J connectivity index is 0.000000892. The van der Waals surface area contributed by atoms with Gasteiger partial charge in [-0.2, -0.15) is 0 Å². The van der Waals surface area contributed by atoms with Gasteiger partial charge in [0.15, 0.2) is 11.5 Å². The number of nitrogens with zero attached hydrogens (tertiary/aromatic N) is 2. The standard InChI is InChI=1S/C28H26N2O4.C2H6O/c1-33-23-14-19-12-13-29-25(31)16-28(26(29)21(19)15-24(23)34-2)22-11-7-6-10-20(22)27(32)30(28)17-18-8-4-3-5-9-18;1-2-3/h3-11,14-15,26H,12-13,16-17H2,1-2H3;3H,2H2,1H3/t26-,28-;/m0./s1. The number of amides is 2. The lowest BCUT2D eigenvalue weighted by molar-refractivity contribution is -0.129. The number of methoxy groups -OCH3 is 2. The summed E-state index contributed by atoms with van der Waals surface area (Å²) in [5.41, 5.74) is 4.02. The van der Waals surface area contributed by atoms with Gasteiger partial charge in [-0.25, -0.2) is 0 Å². The summed E-state index contributed by atoms with van der Waals surface area (Å²) in [5.74, 6) is 1.36. The number of benzene rings is 3. The van der Waals surface area contributed by atoms with Crippen LogP contribution in [0.5, 0.6) is 11.5 Å². The molecule has 37 heavy (non-hydrogen) atoms. The largest absolute Gasteiger partial charge is 0.493 e. The van der Waals surface area contributed by atoms with Crippen molar-refractivity contribution in [1.29, 1.82) is 0 Å². The van der Waals surface area contributed by atoms with Crippen molar-refractivity contribution in [2.24, 2.45) is 0 Å². The van der Waals surface area contributed by atoms with Crippen LogP contribution >= 0.6 is 0 Å². The van der Waals surface area contributed by atoms with Crippen molar-refractivity contribution in [2.45, 2.75) is 37.9 Å². The average molecular weight is 501 g/mol. The molecular formula is C30H32N2O5. The van der Waals surface area contributed by atoms with Crippen molar-refractivity contribution in [3.63, 3.8) is 0 Å². The molecule has 3 aliphatic rings. The zero-order chi connectivity index (χ0) is 26.2. The number of ether oxygens (including phenoxy) is 2. The Bertz CT molecular complexity index is 1320. The van der Waals surface area contributed by atoms with Crippen LogP contribution in [0, 0.1) is 0 Å². The molecule has 1 N–H and O–H groups in total. The SMILES string of the molecule is CCO.COc1cc2c(cc1OC)[C@@H]1N(CC2)C(=O)C[C@]12c1ccccc1C(=O)N2Cc1ccccc1. The summed E-state index contributed by atoms with van der Waals surface area (Å²) >= 11 is 0. The van der Waals surface area contributed by atoms with E-state index in [1.165, 1.54) is 0 Å². The summed E-state index contributed by atoms with van der Waals surface area (Å²) in [5, 5.41) is 7.57. The number of rotatable bonds is 4. The van der Waals surface area contributed by atoms with Crippen LogP contribution in [0.1, 0.15) is 52.0 Å². The molecule has 2 amide bonds. The van der Waals surface area contributed by atoms with Crippen LogP contribution in [0.25, 0.3) is 0 Å². The second kappa shape index (κ2) is 9.90. The molecule has 0 bridgehead atoms. The van der Waals surface area contributed by atoms with Crippen molar-refractivity contribution in [3.05, 3.63) is 94.5 Å². The van der Waals surface area contributed by atoms with Gasteiger partial charge in [-0.1, -0.05) is 48.5 Å². The molecule has 3 heterocycles. The molecule has 0 unspecified atom stereocenters. The maximum Gasteiger partial charge on any atom is 0.255 e. The van der Waals surface area contributed by atoms with E-state index in [-0.39, 0.29) is 30.9 Å². The van der Waals surface area contributed by atoms with E-state index in [2.05, 4.69) is 0 Å². The first-order valence-electron chi connectivity index (χ1n) is 12.6. The normalized spacial score (nSPS) is 21.2. The minimum absolute atomic E-state index is 0.0262. The highest BCUT2D eigenvalue weighted by atomic mass is 16.5. The van der Waals surface area contributed by atoms with Gasteiger partial charge in [0.25, 0.3) is 5.91 Å². The number of carbonyl (C=O) groups excluding carboxylic acids is 2. The van der Waals surface area contributed by atoms with E-state index in [0.29, 0.717) is 30.2 Å². The second-order valence-corrected chi connectivity index (χ2v) is 9.49. The molecule has 0 saturated carbocycles. The summed E-state index contributed by atoms with van der Waals surface area (Å²) < 4.78 is 11.2. The monoisotopic (exact) mass is 500 g/mol. The van der Waals surface area contributed by atoms with E-state index >= 15 is 0 Å². The molecule has 7 heteroatoms. The Kier molecular flexibility index (Phi) is 6.65. The zero-order valence-electron chi connectivity index (χ0n) is 21.4. The van der Waals surface area contributed by atoms with Crippen LogP contribution in [-0.4, -0.2) is 54.1 Å². The number of aliphatic hydroxyl groups excluding tert-OH is 1. The van der Waals surface area contributed by atoms with E-state index in [1.807, 2.05) is 76.5 Å².